The largest absolute Gasteiger partial charge is 0.398 e. The SMILES string of the molecule is CCCS(=O)(=O)NC(=O)c1cc(C)ccc1N. The first-order valence-corrected chi connectivity index (χ1v) is 6.92. The Balaban J connectivity index is 2.94. The minimum atomic E-state index is -3.56. The quantitative estimate of drug-likeness (QED) is 0.788. The topological polar surface area (TPSA) is 89.3 Å². The highest BCUT2D eigenvalue weighted by Crippen LogP contribution is 2.13. The zero-order valence-corrected chi connectivity index (χ0v) is 10.7. The molecule has 5 nitrogen and oxygen atoms in total. The highest BCUT2D eigenvalue weighted by Gasteiger charge is 2.16. The zero-order valence-electron chi connectivity index (χ0n) is 9.86. The number of hydrogen-bond donors (Lipinski definition) is 2. The lowest BCUT2D eigenvalue weighted by molar-refractivity contribution is 0.0982. The fraction of sp³-hybridized carbons (Fsp3) is 0.364. The number of nitrogens with one attached hydrogen (secondary N) is 1. The van der Waals surface area contributed by atoms with Crippen molar-refractivity contribution in [3.8, 4) is 0 Å². The minimum absolute atomic E-state index is 0.0789. The van der Waals surface area contributed by atoms with Crippen molar-refractivity contribution in [3.63, 3.8) is 0 Å². The predicted octanol–water partition coefficient (Wildman–Crippen LogP) is 1.05. The van der Waals surface area contributed by atoms with Crippen molar-refractivity contribution in [2.24, 2.45) is 0 Å². The number of rotatable bonds is 4. The Hall–Kier alpha value is -1.56. The lowest BCUT2D eigenvalue weighted by atomic mass is 10.1. The van der Waals surface area contributed by atoms with Crippen LogP contribution in [0, 0.1) is 6.92 Å². The van der Waals surface area contributed by atoms with Gasteiger partial charge in [-0.25, -0.2) is 13.1 Å². The average molecular weight is 256 g/mol. The molecule has 0 heterocycles. The van der Waals surface area contributed by atoms with Gasteiger partial charge in [-0.1, -0.05) is 18.6 Å². The molecule has 0 fully saturated rings. The molecule has 1 aromatic carbocycles. The van der Waals surface area contributed by atoms with Gasteiger partial charge in [-0.15, -0.1) is 0 Å². The summed E-state index contributed by atoms with van der Waals surface area (Å²) < 4.78 is 24.9. The Morgan fingerprint density at radius 3 is 2.65 bits per heavy atom. The molecule has 17 heavy (non-hydrogen) atoms. The van der Waals surface area contributed by atoms with Gasteiger partial charge in [0.1, 0.15) is 0 Å². The van der Waals surface area contributed by atoms with Crippen LogP contribution in [-0.2, 0) is 10.0 Å². The second-order valence-corrected chi connectivity index (χ2v) is 5.68. The lowest BCUT2D eigenvalue weighted by Gasteiger charge is -2.08. The Bertz CT molecular complexity index is 524. The summed E-state index contributed by atoms with van der Waals surface area (Å²) in [6, 6.07) is 4.90. The molecule has 0 aliphatic rings. The van der Waals surface area contributed by atoms with Gasteiger partial charge in [0.15, 0.2) is 0 Å². The second kappa shape index (κ2) is 5.18. The molecule has 0 unspecified atom stereocenters. The Kier molecular flexibility index (Phi) is 4.11. The molecule has 0 saturated carbocycles. The maximum Gasteiger partial charge on any atom is 0.266 e. The van der Waals surface area contributed by atoms with Crippen molar-refractivity contribution in [3.05, 3.63) is 29.3 Å². The van der Waals surface area contributed by atoms with Crippen LogP contribution >= 0.6 is 0 Å². The number of benzene rings is 1. The first-order chi connectivity index (χ1) is 7.85. The van der Waals surface area contributed by atoms with Gasteiger partial charge >= 0.3 is 0 Å². The smallest absolute Gasteiger partial charge is 0.266 e. The lowest BCUT2D eigenvalue weighted by Crippen LogP contribution is -2.32. The Morgan fingerprint density at radius 2 is 2.06 bits per heavy atom. The summed E-state index contributed by atoms with van der Waals surface area (Å²) in [5.74, 6) is -0.760. The molecule has 0 aliphatic carbocycles. The molecular formula is C11H16N2O3S. The van der Waals surface area contributed by atoms with Gasteiger partial charge in [0.2, 0.25) is 10.0 Å². The molecule has 0 aromatic heterocycles. The molecule has 0 aliphatic heterocycles. The van der Waals surface area contributed by atoms with E-state index in [1.54, 1.807) is 32.0 Å². The molecule has 1 aromatic rings. The van der Waals surface area contributed by atoms with Crippen molar-refractivity contribution in [1.82, 2.24) is 4.72 Å². The fourth-order valence-electron chi connectivity index (χ4n) is 1.38. The normalized spacial score (nSPS) is 11.2. The summed E-state index contributed by atoms with van der Waals surface area (Å²) in [6.07, 6.45) is 0.450. The van der Waals surface area contributed by atoms with Gasteiger partial charge in [0, 0.05) is 5.69 Å². The van der Waals surface area contributed by atoms with Crippen LogP contribution in [0.3, 0.4) is 0 Å². The summed E-state index contributed by atoms with van der Waals surface area (Å²) in [5, 5.41) is 0. The van der Waals surface area contributed by atoms with E-state index in [9.17, 15) is 13.2 Å². The van der Waals surface area contributed by atoms with Crippen molar-refractivity contribution in [1.29, 1.82) is 0 Å². The van der Waals surface area contributed by atoms with Crippen molar-refractivity contribution < 1.29 is 13.2 Å². The number of carbonyl (C=O) groups is 1. The summed E-state index contributed by atoms with van der Waals surface area (Å²) in [6.45, 7) is 3.53. The van der Waals surface area contributed by atoms with Crippen LogP contribution in [0.4, 0.5) is 5.69 Å². The molecule has 1 amide bonds. The number of anilines is 1. The van der Waals surface area contributed by atoms with Gasteiger partial charge in [-0.05, 0) is 25.5 Å². The first kappa shape index (κ1) is 13.5. The number of aryl methyl sites for hydroxylation is 1. The molecule has 0 saturated heterocycles. The maximum atomic E-state index is 11.7. The maximum absolute atomic E-state index is 11.7. The summed E-state index contributed by atoms with van der Waals surface area (Å²) in [7, 11) is -3.56. The first-order valence-electron chi connectivity index (χ1n) is 5.26. The van der Waals surface area contributed by atoms with E-state index in [1.165, 1.54) is 0 Å². The summed E-state index contributed by atoms with van der Waals surface area (Å²) in [4.78, 5) is 11.7. The Labute approximate surface area is 101 Å². The van der Waals surface area contributed by atoms with E-state index in [2.05, 4.69) is 0 Å². The monoisotopic (exact) mass is 256 g/mol. The van der Waals surface area contributed by atoms with Crippen LogP contribution in [-0.4, -0.2) is 20.1 Å². The highest BCUT2D eigenvalue weighted by atomic mass is 32.2. The molecule has 0 atom stereocenters. The van der Waals surface area contributed by atoms with E-state index >= 15 is 0 Å². The van der Waals surface area contributed by atoms with Crippen LogP contribution in [0.1, 0.15) is 29.3 Å². The van der Waals surface area contributed by atoms with E-state index in [4.69, 9.17) is 5.73 Å². The van der Waals surface area contributed by atoms with E-state index in [-0.39, 0.29) is 17.0 Å². The van der Waals surface area contributed by atoms with Gasteiger partial charge in [0.05, 0.1) is 11.3 Å². The van der Waals surface area contributed by atoms with Crippen LogP contribution < -0.4 is 10.5 Å². The number of amides is 1. The Morgan fingerprint density at radius 1 is 1.41 bits per heavy atom. The number of carbonyl (C=O) groups excluding carboxylic acids is 1. The molecule has 6 heteroatoms. The standard InChI is InChI=1S/C11H16N2O3S/c1-3-6-17(15,16)13-11(14)9-7-8(2)4-5-10(9)12/h4-5,7H,3,6,12H2,1-2H3,(H,13,14). The summed E-state index contributed by atoms with van der Waals surface area (Å²) >= 11 is 0. The van der Waals surface area contributed by atoms with Crippen molar-refractivity contribution in [2.45, 2.75) is 20.3 Å². The van der Waals surface area contributed by atoms with E-state index in [0.29, 0.717) is 6.42 Å². The van der Waals surface area contributed by atoms with Crippen LogP contribution in [0.2, 0.25) is 0 Å². The van der Waals surface area contributed by atoms with Crippen LogP contribution in [0.15, 0.2) is 18.2 Å². The predicted molar refractivity (Wildman–Crippen MR) is 67.1 cm³/mol. The van der Waals surface area contributed by atoms with Crippen LogP contribution in [0.5, 0.6) is 0 Å². The van der Waals surface area contributed by atoms with Gasteiger partial charge in [-0.2, -0.15) is 0 Å². The van der Waals surface area contributed by atoms with Gasteiger partial charge in [-0.3, -0.25) is 4.79 Å². The molecule has 0 radical (unpaired) electrons. The number of nitrogen functional groups attached to an aromatic ring is 1. The molecule has 0 spiro atoms. The third-order valence-corrected chi connectivity index (χ3v) is 3.62. The number of sulfonamides is 1. The van der Waals surface area contributed by atoms with Gasteiger partial charge in [0.25, 0.3) is 5.91 Å². The third kappa shape index (κ3) is 3.74. The molecular weight excluding hydrogens is 240 g/mol. The molecule has 94 valence electrons. The molecule has 3 N–H and O–H groups in total. The number of nitrogens with two attached hydrogens (primary N) is 1. The third-order valence-electron chi connectivity index (χ3n) is 2.17. The van der Waals surface area contributed by atoms with Crippen LogP contribution in [0.25, 0.3) is 0 Å². The van der Waals surface area contributed by atoms with E-state index in [1.807, 2.05) is 4.72 Å². The zero-order chi connectivity index (χ0) is 13.1. The average Bonchev–Trinajstić information content (AvgIpc) is 2.20. The minimum Gasteiger partial charge on any atom is -0.398 e. The van der Waals surface area contributed by atoms with E-state index < -0.39 is 15.9 Å². The molecule has 0 bridgehead atoms. The highest BCUT2D eigenvalue weighted by molar-refractivity contribution is 7.90. The number of hydrogen-bond acceptors (Lipinski definition) is 4. The second-order valence-electron chi connectivity index (χ2n) is 3.84. The molecule has 1 rings (SSSR count). The fourth-order valence-corrected chi connectivity index (χ4v) is 2.41. The van der Waals surface area contributed by atoms with Gasteiger partial charge < -0.3 is 5.73 Å². The van der Waals surface area contributed by atoms with Crippen molar-refractivity contribution in [2.75, 3.05) is 11.5 Å². The summed E-state index contributed by atoms with van der Waals surface area (Å²) in [5.41, 5.74) is 6.92. The van der Waals surface area contributed by atoms with E-state index in [0.717, 1.165) is 5.56 Å². The van der Waals surface area contributed by atoms with Crippen molar-refractivity contribution >= 4 is 21.6 Å².